The molecule has 1 saturated heterocycles. The van der Waals surface area contributed by atoms with E-state index >= 15 is 0 Å². The van der Waals surface area contributed by atoms with Gasteiger partial charge in [-0.15, -0.1) is 0 Å². The van der Waals surface area contributed by atoms with Gasteiger partial charge < -0.3 is 14.2 Å². The third kappa shape index (κ3) is 3.90. The second-order valence-electron chi connectivity index (χ2n) is 8.70. The highest BCUT2D eigenvalue weighted by Crippen LogP contribution is 2.52. The van der Waals surface area contributed by atoms with Gasteiger partial charge in [-0.05, 0) is 48.1 Å². The van der Waals surface area contributed by atoms with Gasteiger partial charge >= 0.3 is 0 Å². The molecule has 2 bridgehead atoms. The first-order chi connectivity index (χ1) is 16.9. The quantitative estimate of drug-likeness (QED) is 0.188. The molecule has 0 radical (unpaired) electrons. The molecule has 35 heavy (non-hydrogen) atoms. The second kappa shape index (κ2) is 8.86. The van der Waals surface area contributed by atoms with Crippen molar-refractivity contribution in [2.75, 3.05) is 14.2 Å². The number of ether oxygens (including phenoxy) is 3. The average Bonchev–Trinajstić information content (AvgIpc) is 3.55. The molecular formula is C25H23N3O7. The highest BCUT2D eigenvalue weighted by Gasteiger charge is 2.59. The number of methoxy groups -OCH3 is 2. The highest BCUT2D eigenvalue weighted by atomic mass is 16.6. The number of nitro benzene ring substituents is 1. The predicted octanol–water partition coefficient (Wildman–Crippen LogP) is 3.33. The van der Waals surface area contributed by atoms with E-state index in [2.05, 4.69) is 5.10 Å². The van der Waals surface area contributed by atoms with Crippen LogP contribution < -0.4 is 14.2 Å². The fourth-order valence-corrected chi connectivity index (χ4v) is 5.11. The van der Waals surface area contributed by atoms with Crippen molar-refractivity contribution in [3.8, 4) is 17.2 Å². The van der Waals surface area contributed by atoms with E-state index in [-0.39, 0.29) is 47.8 Å². The number of fused-ring (bicyclic) bond motifs is 5. The molecule has 10 nitrogen and oxygen atoms in total. The first-order valence-electron chi connectivity index (χ1n) is 11.1. The Kier molecular flexibility index (Phi) is 5.72. The van der Waals surface area contributed by atoms with Gasteiger partial charge in [0.2, 0.25) is 5.75 Å². The number of nitro groups is 1. The molecule has 1 saturated carbocycles. The molecule has 4 atom stereocenters. The third-order valence-corrected chi connectivity index (χ3v) is 6.78. The van der Waals surface area contributed by atoms with Crippen molar-refractivity contribution >= 4 is 23.7 Å². The molecule has 2 aromatic rings. The number of imide groups is 1. The fourth-order valence-electron chi connectivity index (χ4n) is 5.11. The number of carbonyl (C=O) groups excluding carboxylic acids is 2. The maximum absolute atomic E-state index is 12.8. The predicted molar refractivity (Wildman–Crippen MR) is 124 cm³/mol. The molecule has 2 aromatic carbocycles. The minimum atomic E-state index is -0.465. The van der Waals surface area contributed by atoms with Gasteiger partial charge in [-0.1, -0.05) is 12.2 Å². The minimum absolute atomic E-state index is 0.00457. The van der Waals surface area contributed by atoms with Gasteiger partial charge in [0.1, 0.15) is 6.61 Å². The number of nitrogens with zero attached hydrogens (tertiary/aromatic N) is 3. The van der Waals surface area contributed by atoms with Crippen LogP contribution in [0.4, 0.5) is 5.69 Å². The maximum atomic E-state index is 12.8. The fraction of sp³-hybridized carbons (Fsp3) is 0.320. The number of allylic oxidation sites excluding steroid dienone is 2. The number of hydrogen-bond acceptors (Lipinski definition) is 8. The van der Waals surface area contributed by atoms with Crippen molar-refractivity contribution in [1.82, 2.24) is 5.01 Å². The van der Waals surface area contributed by atoms with Gasteiger partial charge in [-0.25, -0.2) is 0 Å². The van der Waals surface area contributed by atoms with Crippen LogP contribution in [0.1, 0.15) is 17.5 Å². The number of hydrogen-bond donors (Lipinski definition) is 0. The Hall–Kier alpha value is -4.21. The number of rotatable bonds is 8. The summed E-state index contributed by atoms with van der Waals surface area (Å²) in [6.45, 7) is 0.133. The van der Waals surface area contributed by atoms with E-state index in [1.165, 1.54) is 32.6 Å². The zero-order chi connectivity index (χ0) is 24.7. The van der Waals surface area contributed by atoms with Crippen molar-refractivity contribution < 1.29 is 28.7 Å². The molecular weight excluding hydrogens is 454 g/mol. The summed E-state index contributed by atoms with van der Waals surface area (Å²) < 4.78 is 16.8. The molecule has 2 aliphatic carbocycles. The van der Waals surface area contributed by atoms with Crippen LogP contribution >= 0.6 is 0 Å². The summed E-state index contributed by atoms with van der Waals surface area (Å²) in [5.41, 5.74) is 1.28. The molecule has 0 spiro atoms. The van der Waals surface area contributed by atoms with Gasteiger partial charge in [-0.3, -0.25) is 19.7 Å². The monoisotopic (exact) mass is 477 g/mol. The van der Waals surface area contributed by atoms with Crippen molar-refractivity contribution in [3.63, 3.8) is 0 Å². The summed E-state index contributed by atoms with van der Waals surface area (Å²) in [6.07, 6.45) is 6.36. The van der Waals surface area contributed by atoms with Gasteiger partial charge in [-0.2, -0.15) is 10.1 Å². The van der Waals surface area contributed by atoms with Crippen LogP contribution in [-0.4, -0.2) is 42.2 Å². The van der Waals surface area contributed by atoms with E-state index in [1.807, 2.05) is 12.2 Å². The van der Waals surface area contributed by atoms with Gasteiger partial charge in [0.15, 0.2) is 11.5 Å². The minimum Gasteiger partial charge on any atom is -0.493 e. The molecule has 0 N–H and O–H groups in total. The summed E-state index contributed by atoms with van der Waals surface area (Å²) in [5, 5.41) is 16.0. The maximum Gasteiger partial charge on any atom is 0.269 e. The first kappa shape index (κ1) is 22.6. The lowest BCUT2D eigenvalue weighted by atomic mass is 9.85. The van der Waals surface area contributed by atoms with Crippen LogP contribution in [0.2, 0.25) is 0 Å². The van der Waals surface area contributed by atoms with Crippen LogP contribution in [0.3, 0.4) is 0 Å². The van der Waals surface area contributed by atoms with Crippen molar-refractivity contribution in [1.29, 1.82) is 0 Å². The van der Waals surface area contributed by atoms with Crippen LogP contribution in [0.5, 0.6) is 17.2 Å². The van der Waals surface area contributed by atoms with E-state index in [0.717, 1.165) is 17.0 Å². The Labute approximate surface area is 200 Å². The van der Waals surface area contributed by atoms with Crippen LogP contribution in [0, 0.1) is 33.8 Å². The Bertz CT molecular complexity index is 1200. The molecule has 3 aliphatic rings. The smallest absolute Gasteiger partial charge is 0.269 e. The standard InChI is InChI=1S/C25H23N3O7/c1-33-19-9-15(12-26-27-24(29)21-16-5-6-17(11-16)22(21)25(27)30)10-20(34-2)23(19)35-13-14-3-7-18(8-4-14)28(31)32/h3-10,12,16-17,21-22H,11,13H2,1-2H3/t16-,17-,21-,22+/m0/s1. The number of carbonyl (C=O) groups is 2. The SMILES string of the molecule is COc1cc(C=NN2C(=O)[C@@H]3[C@H](C2=O)[C@H]2C=C[C@H]3C2)cc(OC)c1OCc1ccc([N+](=O)[O-])cc1. The zero-order valence-electron chi connectivity index (χ0n) is 19.1. The molecule has 1 heterocycles. The van der Waals surface area contributed by atoms with E-state index in [4.69, 9.17) is 14.2 Å². The third-order valence-electron chi connectivity index (χ3n) is 6.78. The number of benzene rings is 2. The van der Waals surface area contributed by atoms with Crippen LogP contribution in [0.25, 0.3) is 0 Å². The lowest BCUT2D eigenvalue weighted by Crippen LogP contribution is -2.28. The molecule has 5 rings (SSSR count). The molecule has 0 unspecified atom stereocenters. The molecule has 180 valence electrons. The first-order valence-corrected chi connectivity index (χ1v) is 11.1. The van der Waals surface area contributed by atoms with Crippen LogP contribution in [-0.2, 0) is 16.2 Å². The lowest BCUT2D eigenvalue weighted by Gasteiger charge is -2.16. The van der Waals surface area contributed by atoms with E-state index in [1.54, 1.807) is 24.3 Å². The topological polar surface area (TPSA) is 121 Å². The average molecular weight is 477 g/mol. The molecule has 2 amide bonds. The van der Waals surface area contributed by atoms with Crippen molar-refractivity contribution in [2.45, 2.75) is 13.0 Å². The number of hydrazone groups is 1. The zero-order valence-corrected chi connectivity index (χ0v) is 19.1. The van der Waals surface area contributed by atoms with Crippen molar-refractivity contribution in [2.24, 2.45) is 28.8 Å². The summed E-state index contributed by atoms with van der Waals surface area (Å²) in [5.74, 6) is 0.184. The number of amides is 2. The van der Waals surface area contributed by atoms with Gasteiger partial charge in [0.05, 0.1) is 37.2 Å². The highest BCUT2D eigenvalue weighted by molar-refractivity contribution is 6.06. The Balaban J connectivity index is 1.33. The lowest BCUT2D eigenvalue weighted by molar-refractivity contribution is -0.384. The summed E-state index contributed by atoms with van der Waals surface area (Å²) in [6, 6.07) is 9.35. The Morgan fingerprint density at radius 3 is 2.11 bits per heavy atom. The largest absolute Gasteiger partial charge is 0.493 e. The van der Waals surface area contributed by atoms with Crippen LogP contribution in [0.15, 0.2) is 53.7 Å². The molecule has 1 aliphatic heterocycles. The summed E-state index contributed by atoms with van der Waals surface area (Å²) in [4.78, 5) is 36.0. The normalized spacial score (nSPS) is 24.3. The van der Waals surface area contributed by atoms with Gasteiger partial charge in [0.25, 0.3) is 17.5 Å². The van der Waals surface area contributed by atoms with E-state index < -0.39 is 4.92 Å². The summed E-state index contributed by atoms with van der Waals surface area (Å²) >= 11 is 0. The molecule has 10 heteroatoms. The second-order valence-corrected chi connectivity index (χ2v) is 8.70. The van der Waals surface area contributed by atoms with E-state index in [9.17, 15) is 19.7 Å². The van der Waals surface area contributed by atoms with Gasteiger partial charge in [0, 0.05) is 17.7 Å². The van der Waals surface area contributed by atoms with Crippen molar-refractivity contribution in [3.05, 3.63) is 69.8 Å². The summed E-state index contributed by atoms with van der Waals surface area (Å²) in [7, 11) is 2.96. The molecule has 0 aromatic heterocycles. The number of non-ortho nitro benzene ring substituents is 1. The Morgan fingerprint density at radius 2 is 1.60 bits per heavy atom. The molecule has 2 fully saturated rings. The Morgan fingerprint density at radius 1 is 1.03 bits per heavy atom. The van der Waals surface area contributed by atoms with E-state index in [0.29, 0.717) is 22.8 Å².